The molecule has 16 heavy (non-hydrogen) atoms. The van der Waals surface area contributed by atoms with E-state index < -0.39 is 12.1 Å². The second-order valence-electron chi connectivity index (χ2n) is 5.19. The number of carboxylic acid groups (broad SMARTS) is 1. The van der Waals surface area contributed by atoms with Crippen LogP contribution < -0.4 is 5.32 Å². The molecule has 4 atom stereocenters. The van der Waals surface area contributed by atoms with Crippen LogP contribution in [0.15, 0.2) is 0 Å². The molecule has 0 spiro atoms. The minimum absolute atomic E-state index is 0.0945. The van der Waals surface area contributed by atoms with Crippen molar-refractivity contribution in [2.75, 3.05) is 6.54 Å². The van der Waals surface area contributed by atoms with Crippen molar-refractivity contribution in [1.29, 1.82) is 0 Å². The van der Waals surface area contributed by atoms with Crippen molar-refractivity contribution < 1.29 is 14.6 Å². The Morgan fingerprint density at radius 2 is 2.19 bits per heavy atom. The van der Waals surface area contributed by atoms with Crippen molar-refractivity contribution in [3.63, 3.8) is 0 Å². The third-order valence-corrected chi connectivity index (χ3v) is 3.71. The summed E-state index contributed by atoms with van der Waals surface area (Å²) in [6.45, 7) is 3.09. The van der Waals surface area contributed by atoms with E-state index in [1.54, 1.807) is 0 Å². The zero-order chi connectivity index (χ0) is 11.5. The van der Waals surface area contributed by atoms with E-state index in [2.05, 4.69) is 12.2 Å². The van der Waals surface area contributed by atoms with E-state index in [4.69, 9.17) is 9.84 Å². The molecule has 4 heteroatoms. The van der Waals surface area contributed by atoms with E-state index >= 15 is 0 Å². The Morgan fingerprint density at radius 3 is 2.75 bits per heavy atom. The van der Waals surface area contributed by atoms with Crippen molar-refractivity contribution in [2.24, 2.45) is 5.92 Å². The first-order valence-corrected chi connectivity index (χ1v) is 6.27. The van der Waals surface area contributed by atoms with Crippen LogP contribution in [0.4, 0.5) is 0 Å². The summed E-state index contributed by atoms with van der Waals surface area (Å²) in [5.41, 5.74) is 0. The lowest BCUT2D eigenvalue weighted by atomic mass is 10.1. The summed E-state index contributed by atoms with van der Waals surface area (Å²) in [4.78, 5) is 10.7. The molecule has 2 aliphatic rings. The van der Waals surface area contributed by atoms with Crippen LogP contribution in [0, 0.1) is 5.92 Å². The molecule has 0 amide bonds. The average Bonchev–Trinajstić information content (AvgIpc) is 2.83. The van der Waals surface area contributed by atoms with Gasteiger partial charge in [0.25, 0.3) is 0 Å². The molecule has 2 fully saturated rings. The highest BCUT2D eigenvalue weighted by Crippen LogP contribution is 2.25. The smallest absolute Gasteiger partial charge is 0.332 e. The molecule has 1 saturated carbocycles. The van der Waals surface area contributed by atoms with E-state index in [-0.39, 0.29) is 6.10 Å². The summed E-state index contributed by atoms with van der Waals surface area (Å²) >= 11 is 0. The second-order valence-corrected chi connectivity index (χ2v) is 5.19. The van der Waals surface area contributed by atoms with Gasteiger partial charge in [-0.15, -0.1) is 0 Å². The van der Waals surface area contributed by atoms with Gasteiger partial charge in [-0.3, -0.25) is 0 Å². The third-order valence-electron chi connectivity index (χ3n) is 3.71. The molecule has 0 radical (unpaired) electrons. The Hall–Kier alpha value is -0.610. The summed E-state index contributed by atoms with van der Waals surface area (Å²) < 4.78 is 5.45. The van der Waals surface area contributed by atoms with Crippen LogP contribution in [-0.2, 0) is 9.53 Å². The number of carbonyl (C=O) groups is 1. The predicted molar refractivity (Wildman–Crippen MR) is 60.3 cm³/mol. The predicted octanol–water partition coefficient (Wildman–Crippen LogP) is 1.40. The largest absolute Gasteiger partial charge is 0.479 e. The Balaban J connectivity index is 1.66. The number of hydrogen-bond donors (Lipinski definition) is 2. The number of nitrogens with one attached hydrogen (secondary N) is 1. The summed E-state index contributed by atoms with van der Waals surface area (Å²) in [5.74, 6) is 0.00533. The average molecular weight is 227 g/mol. The molecule has 1 aliphatic carbocycles. The highest BCUT2D eigenvalue weighted by Gasteiger charge is 2.31. The Labute approximate surface area is 96.4 Å². The van der Waals surface area contributed by atoms with E-state index in [1.807, 2.05) is 0 Å². The quantitative estimate of drug-likeness (QED) is 0.762. The molecule has 1 aliphatic heterocycles. The maximum Gasteiger partial charge on any atom is 0.332 e. The van der Waals surface area contributed by atoms with Gasteiger partial charge < -0.3 is 15.2 Å². The lowest BCUT2D eigenvalue weighted by Gasteiger charge is -2.16. The standard InChI is InChI=1S/C12H21NO3/c1-8-2-3-9(6-8)13-7-10-4-5-11(16-10)12(14)15/h8-11,13H,2-7H2,1H3,(H,14,15). The van der Waals surface area contributed by atoms with Crippen LogP contribution in [0.5, 0.6) is 0 Å². The molecule has 92 valence electrons. The van der Waals surface area contributed by atoms with Gasteiger partial charge >= 0.3 is 5.97 Å². The fourth-order valence-electron chi connectivity index (χ4n) is 2.73. The molecule has 4 nitrogen and oxygen atoms in total. The van der Waals surface area contributed by atoms with Gasteiger partial charge in [-0.05, 0) is 38.0 Å². The van der Waals surface area contributed by atoms with E-state index in [0.29, 0.717) is 12.5 Å². The normalized spacial score (nSPS) is 39.1. The van der Waals surface area contributed by atoms with Gasteiger partial charge in [-0.2, -0.15) is 0 Å². The molecule has 0 bridgehead atoms. The number of carboxylic acids is 1. The SMILES string of the molecule is CC1CCC(NCC2CCC(C(=O)O)O2)C1. The van der Waals surface area contributed by atoms with Crippen molar-refractivity contribution in [2.45, 2.75) is 57.3 Å². The number of rotatable bonds is 4. The highest BCUT2D eigenvalue weighted by atomic mass is 16.5. The molecule has 1 heterocycles. The first-order valence-electron chi connectivity index (χ1n) is 6.27. The molecule has 2 rings (SSSR count). The molecule has 0 aromatic carbocycles. The van der Waals surface area contributed by atoms with E-state index in [9.17, 15) is 4.79 Å². The van der Waals surface area contributed by atoms with Gasteiger partial charge in [0.1, 0.15) is 0 Å². The molecule has 2 N–H and O–H groups in total. The summed E-state index contributed by atoms with van der Waals surface area (Å²) in [6, 6.07) is 0.613. The molecule has 0 aromatic rings. The van der Waals surface area contributed by atoms with Gasteiger partial charge in [-0.1, -0.05) is 6.92 Å². The molecular weight excluding hydrogens is 206 g/mol. The van der Waals surface area contributed by atoms with Crippen LogP contribution in [0.2, 0.25) is 0 Å². The van der Waals surface area contributed by atoms with E-state index in [1.165, 1.54) is 19.3 Å². The van der Waals surface area contributed by atoms with E-state index in [0.717, 1.165) is 18.9 Å². The Kier molecular flexibility index (Phi) is 3.82. The first-order chi connectivity index (χ1) is 7.65. The topological polar surface area (TPSA) is 58.6 Å². The molecule has 4 unspecified atom stereocenters. The lowest BCUT2D eigenvalue weighted by molar-refractivity contribution is -0.149. The minimum atomic E-state index is -0.822. The first kappa shape index (κ1) is 11.9. The maximum atomic E-state index is 10.7. The number of aliphatic carboxylic acids is 1. The lowest BCUT2D eigenvalue weighted by Crippen LogP contribution is -2.34. The zero-order valence-electron chi connectivity index (χ0n) is 9.82. The zero-order valence-corrected chi connectivity index (χ0v) is 9.82. The van der Waals surface area contributed by atoms with Gasteiger partial charge in [-0.25, -0.2) is 4.79 Å². The van der Waals surface area contributed by atoms with Crippen molar-refractivity contribution in [1.82, 2.24) is 5.32 Å². The molecule has 1 saturated heterocycles. The second kappa shape index (κ2) is 5.15. The van der Waals surface area contributed by atoms with Crippen LogP contribution in [0.3, 0.4) is 0 Å². The molecular formula is C12H21NO3. The summed E-state index contributed by atoms with van der Waals surface area (Å²) in [5, 5.41) is 12.3. The van der Waals surface area contributed by atoms with Gasteiger partial charge in [0.15, 0.2) is 6.10 Å². The fraction of sp³-hybridized carbons (Fsp3) is 0.917. The maximum absolute atomic E-state index is 10.7. The number of ether oxygens (including phenoxy) is 1. The van der Waals surface area contributed by atoms with Crippen LogP contribution in [0.25, 0.3) is 0 Å². The fourth-order valence-corrected chi connectivity index (χ4v) is 2.73. The number of hydrogen-bond acceptors (Lipinski definition) is 3. The van der Waals surface area contributed by atoms with Gasteiger partial charge in [0, 0.05) is 12.6 Å². The van der Waals surface area contributed by atoms with Crippen LogP contribution in [0.1, 0.15) is 39.0 Å². The van der Waals surface area contributed by atoms with Crippen LogP contribution >= 0.6 is 0 Å². The minimum Gasteiger partial charge on any atom is -0.479 e. The molecule has 0 aromatic heterocycles. The van der Waals surface area contributed by atoms with Crippen molar-refractivity contribution >= 4 is 5.97 Å². The Bertz CT molecular complexity index is 257. The van der Waals surface area contributed by atoms with Crippen LogP contribution in [-0.4, -0.2) is 35.9 Å². The summed E-state index contributed by atoms with van der Waals surface area (Å²) in [6.07, 6.45) is 4.84. The monoisotopic (exact) mass is 227 g/mol. The van der Waals surface area contributed by atoms with Crippen molar-refractivity contribution in [3.05, 3.63) is 0 Å². The van der Waals surface area contributed by atoms with Crippen molar-refractivity contribution in [3.8, 4) is 0 Å². The van der Waals surface area contributed by atoms with Gasteiger partial charge in [0.2, 0.25) is 0 Å². The third kappa shape index (κ3) is 2.95. The Morgan fingerprint density at radius 1 is 1.38 bits per heavy atom. The van der Waals surface area contributed by atoms with Gasteiger partial charge in [0.05, 0.1) is 6.10 Å². The summed E-state index contributed by atoms with van der Waals surface area (Å²) in [7, 11) is 0. The highest BCUT2D eigenvalue weighted by molar-refractivity contribution is 5.72.